The summed E-state index contributed by atoms with van der Waals surface area (Å²) in [4.78, 5) is 5.56. The Morgan fingerprint density at radius 1 is 1.56 bits per heavy atom. The van der Waals surface area contributed by atoms with Crippen LogP contribution in [0.4, 0.5) is 0 Å². The van der Waals surface area contributed by atoms with Crippen molar-refractivity contribution in [3.8, 4) is 0 Å². The maximum atomic E-state index is 3.50. The topological polar surface area (TPSA) is 15.3 Å². The molecule has 0 bridgehead atoms. The first-order chi connectivity index (χ1) is 7.65. The van der Waals surface area contributed by atoms with Crippen molar-refractivity contribution in [3.05, 3.63) is 21.9 Å². The molecule has 1 N–H and O–H groups in total. The van der Waals surface area contributed by atoms with Crippen LogP contribution in [0.15, 0.2) is 12.1 Å². The molecule has 1 aliphatic heterocycles. The Kier molecular flexibility index (Phi) is 4.00. The molecular weight excluding hydrogens is 216 g/mol. The molecule has 0 saturated carbocycles. The maximum Gasteiger partial charge on any atom is 0.0167 e. The van der Waals surface area contributed by atoms with Crippen LogP contribution in [-0.2, 0) is 6.42 Å². The van der Waals surface area contributed by atoms with Crippen LogP contribution in [0.5, 0.6) is 0 Å². The molecule has 2 heterocycles. The lowest BCUT2D eigenvalue weighted by Gasteiger charge is -2.36. The van der Waals surface area contributed by atoms with Gasteiger partial charge in [-0.2, -0.15) is 0 Å². The first-order valence-corrected chi connectivity index (χ1v) is 6.99. The lowest BCUT2D eigenvalue weighted by molar-refractivity contribution is 0.158. The van der Waals surface area contributed by atoms with Crippen molar-refractivity contribution in [1.29, 1.82) is 0 Å². The van der Waals surface area contributed by atoms with Gasteiger partial charge in [-0.05, 0) is 39.3 Å². The quantitative estimate of drug-likeness (QED) is 0.869. The summed E-state index contributed by atoms with van der Waals surface area (Å²) in [5.74, 6) is 0. The largest absolute Gasteiger partial charge is 0.312 e. The molecule has 1 saturated heterocycles. The summed E-state index contributed by atoms with van der Waals surface area (Å²) in [7, 11) is 0. The number of aryl methyl sites for hydroxylation is 1. The van der Waals surface area contributed by atoms with Crippen molar-refractivity contribution >= 4 is 11.3 Å². The fourth-order valence-electron chi connectivity index (χ4n) is 2.38. The molecule has 2 atom stereocenters. The smallest absolute Gasteiger partial charge is 0.0167 e. The van der Waals surface area contributed by atoms with Crippen molar-refractivity contribution in [2.75, 3.05) is 19.6 Å². The summed E-state index contributed by atoms with van der Waals surface area (Å²) in [6, 6.07) is 5.82. The van der Waals surface area contributed by atoms with E-state index in [4.69, 9.17) is 0 Å². The standard InChI is InChI=1S/C13H22N2S/c1-10-9-15(7-6-14-10)11(2)8-13-5-4-12(3)16-13/h4-5,10-11,14H,6-9H2,1-3H3. The van der Waals surface area contributed by atoms with E-state index in [0.717, 1.165) is 6.54 Å². The second-order valence-electron chi connectivity index (χ2n) is 4.92. The highest BCUT2D eigenvalue weighted by atomic mass is 32.1. The number of hydrogen-bond donors (Lipinski definition) is 1. The number of piperazine rings is 1. The SMILES string of the molecule is Cc1ccc(CC(C)N2CCNC(C)C2)s1. The minimum atomic E-state index is 0.640. The minimum Gasteiger partial charge on any atom is -0.312 e. The fraction of sp³-hybridized carbons (Fsp3) is 0.692. The van der Waals surface area contributed by atoms with Gasteiger partial charge in [0.25, 0.3) is 0 Å². The van der Waals surface area contributed by atoms with Gasteiger partial charge in [0.05, 0.1) is 0 Å². The van der Waals surface area contributed by atoms with Gasteiger partial charge in [-0.1, -0.05) is 0 Å². The maximum absolute atomic E-state index is 3.50. The van der Waals surface area contributed by atoms with Gasteiger partial charge in [0, 0.05) is 41.5 Å². The highest BCUT2D eigenvalue weighted by Gasteiger charge is 2.20. The van der Waals surface area contributed by atoms with E-state index in [1.165, 1.54) is 29.3 Å². The number of hydrogen-bond acceptors (Lipinski definition) is 3. The van der Waals surface area contributed by atoms with Crippen LogP contribution >= 0.6 is 11.3 Å². The lowest BCUT2D eigenvalue weighted by atomic mass is 10.1. The molecule has 3 heteroatoms. The Morgan fingerprint density at radius 3 is 3.00 bits per heavy atom. The average Bonchev–Trinajstić information content (AvgIpc) is 2.64. The number of nitrogens with one attached hydrogen (secondary N) is 1. The van der Waals surface area contributed by atoms with Gasteiger partial charge in [0.2, 0.25) is 0 Å². The number of rotatable bonds is 3. The highest BCUT2D eigenvalue weighted by Crippen LogP contribution is 2.19. The second kappa shape index (κ2) is 5.30. The van der Waals surface area contributed by atoms with E-state index in [2.05, 4.69) is 43.1 Å². The van der Waals surface area contributed by atoms with Crippen LogP contribution in [0.1, 0.15) is 23.6 Å². The molecule has 1 fully saturated rings. The molecule has 2 unspecified atom stereocenters. The van der Waals surface area contributed by atoms with E-state index < -0.39 is 0 Å². The first kappa shape index (κ1) is 12.1. The summed E-state index contributed by atoms with van der Waals surface area (Å²) >= 11 is 1.94. The van der Waals surface area contributed by atoms with E-state index in [-0.39, 0.29) is 0 Å². The third-order valence-electron chi connectivity index (χ3n) is 3.32. The zero-order valence-electron chi connectivity index (χ0n) is 10.5. The van der Waals surface area contributed by atoms with Crippen molar-refractivity contribution in [2.24, 2.45) is 0 Å². The van der Waals surface area contributed by atoms with E-state index in [9.17, 15) is 0 Å². The Labute approximate surface area is 103 Å². The van der Waals surface area contributed by atoms with Gasteiger partial charge >= 0.3 is 0 Å². The molecule has 0 aromatic carbocycles. The van der Waals surface area contributed by atoms with Crippen molar-refractivity contribution in [3.63, 3.8) is 0 Å². The molecule has 0 radical (unpaired) electrons. The van der Waals surface area contributed by atoms with Gasteiger partial charge in [0.1, 0.15) is 0 Å². The number of thiophene rings is 1. The van der Waals surface area contributed by atoms with Crippen molar-refractivity contribution < 1.29 is 0 Å². The highest BCUT2D eigenvalue weighted by molar-refractivity contribution is 7.11. The van der Waals surface area contributed by atoms with Crippen LogP contribution < -0.4 is 5.32 Å². The van der Waals surface area contributed by atoms with Crippen molar-refractivity contribution in [1.82, 2.24) is 10.2 Å². The summed E-state index contributed by atoms with van der Waals surface area (Å²) in [5.41, 5.74) is 0. The zero-order valence-corrected chi connectivity index (χ0v) is 11.3. The summed E-state index contributed by atoms with van der Waals surface area (Å²) < 4.78 is 0. The minimum absolute atomic E-state index is 0.640. The Bertz CT molecular complexity index is 334. The fourth-order valence-corrected chi connectivity index (χ4v) is 3.39. The molecule has 1 aliphatic rings. The summed E-state index contributed by atoms with van der Waals surface area (Å²) in [6.07, 6.45) is 1.20. The Morgan fingerprint density at radius 2 is 2.38 bits per heavy atom. The molecular formula is C13H22N2S. The van der Waals surface area contributed by atoms with Crippen molar-refractivity contribution in [2.45, 2.75) is 39.3 Å². The van der Waals surface area contributed by atoms with Crippen LogP contribution in [0.2, 0.25) is 0 Å². The van der Waals surface area contributed by atoms with E-state index in [1.807, 2.05) is 11.3 Å². The molecule has 90 valence electrons. The van der Waals surface area contributed by atoms with Gasteiger partial charge in [-0.25, -0.2) is 0 Å². The Hall–Kier alpha value is -0.380. The van der Waals surface area contributed by atoms with E-state index in [1.54, 1.807) is 0 Å². The molecule has 1 aromatic heterocycles. The zero-order chi connectivity index (χ0) is 11.5. The lowest BCUT2D eigenvalue weighted by Crippen LogP contribution is -2.52. The molecule has 0 spiro atoms. The summed E-state index contributed by atoms with van der Waals surface area (Å²) in [5, 5.41) is 3.50. The third kappa shape index (κ3) is 3.06. The summed E-state index contributed by atoms with van der Waals surface area (Å²) in [6.45, 7) is 10.3. The van der Waals surface area contributed by atoms with Crippen LogP contribution in [0.25, 0.3) is 0 Å². The van der Waals surface area contributed by atoms with Crippen LogP contribution in [-0.4, -0.2) is 36.6 Å². The first-order valence-electron chi connectivity index (χ1n) is 6.18. The van der Waals surface area contributed by atoms with Crippen LogP contribution in [0, 0.1) is 6.92 Å². The number of nitrogens with zero attached hydrogens (tertiary/aromatic N) is 1. The van der Waals surface area contributed by atoms with Gasteiger partial charge in [-0.15, -0.1) is 11.3 Å². The molecule has 1 aromatic rings. The Balaban J connectivity index is 1.89. The molecule has 2 rings (SSSR count). The van der Waals surface area contributed by atoms with Gasteiger partial charge in [-0.3, -0.25) is 4.90 Å². The predicted molar refractivity (Wildman–Crippen MR) is 71.3 cm³/mol. The molecule has 0 aliphatic carbocycles. The van der Waals surface area contributed by atoms with E-state index >= 15 is 0 Å². The average molecular weight is 238 g/mol. The molecule has 16 heavy (non-hydrogen) atoms. The van der Waals surface area contributed by atoms with E-state index in [0.29, 0.717) is 12.1 Å². The predicted octanol–water partition coefficient (Wildman–Crippen LogP) is 2.28. The normalized spacial score (nSPS) is 24.6. The monoisotopic (exact) mass is 238 g/mol. The molecule has 0 amide bonds. The molecule has 2 nitrogen and oxygen atoms in total. The van der Waals surface area contributed by atoms with Gasteiger partial charge < -0.3 is 5.32 Å². The second-order valence-corrected chi connectivity index (χ2v) is 6.29. The van der Waals surface area contributed by atoms with Crippen LogP contribution in [0.3, 0.4) is 0 Å². The van der Waals surface area contributed by atoms with Gasteiger partial charge in [0.15, 0.2) is 0 Å². The third-order valence-corrected chi connectivity index (χ3v) is 4.34.